The summed E-state index contributed by atoms with van der Waals surface area (Å²) in [5, 5.41) is 8.42. The highest BCUT2D eigenvalue weighted by Crippen LogP contribution is 2.34. The molecule has 3 amide bonds. The number of hydrogen-bond donors (Lipinski definition) is 2. The fraction of sp³-hybridized carbons (Fsp3) is 0.647. The molecule has 24 heavy (non-hydrogen) atoms. The van der Waals surface area contributed by atoms with Gasteiger partial charge in [0.15, 0.2) is 0 Å². The largest absolute Gasteiger partial charge is 0.377 e. The molecule has 1 aliphatic heterocycles. The van der Waals surface area contributed by atoms with E-state index >= 15 is 0 Å². The minimum absolute atomic E-state index is 0.0911. The van der Waals surface area contributed by atoms with Crippen molar-refractivity contribution in [3.05, 3.63) is 17.0 Å². The van der Waals surface area contributed by atoms with Gasteiger partial charge in [-0.05, 0) is 43.0 Å². The predicted molar refractivity (Wildman–Crippen MR) is 92.5 cm³/mol. The van der Waals surface area contributed by atoms with Gasteiger partial charge in [0.1, 0.15) is 5.00 Å². The Labute approximate surface area is 145 Å². The topological polar surface area (TPSA) is 70.7 Å². The summed E-state index contributed by atoms with van der Waals surface area (Å²) < 4.78 is 5.58. The van der Waals surface area contributed by atoms with E-state index < -0.39 is 0 Å². The van der Waals surface area contributed by atoms with Gasteiger partial charge >= 0.3 is 6.03 Å². The first-order chi connectivity index (χ1) is 11.7. The van der Waals surface area contributed by atoms with Crippen LogP contribution in [0.1, 0.15) is 42.5 Å². The van der Waals surface area contributed by atoms with Gasteiger partial charge in [-0.15, -0.1) is 11.3 Å². The molecule has 4 rings (SSSR count). The first kappa shape index (κ1) is 15.9. The van der Waals surface area contributed by atoms with Crippen LogP contribution in [0.2, 0.25) is 0 Å². The quantitative estimate of drug-likeness (QED) is 0.878. The highest BCUT2D eigenvalue weighted by molar-refractivity contribution is 7.14. The van der Waals surface area contributed by atoms with Crippen LogP contribution in [-0.4, -0.2) is 48.7 Å². The zero-order chi connectivity index (χ0) is 16.5. The van der Waals surface area contributed by atoms with Crippen LogP contribution in [0.4, 0.5) is 9.80 Å². The Morgan fingerprint density at radius 1 is 1.25 bits per heavy atom. The Bertz CT molecular complexity index is 624. The minimum atomic E-state index is -0.113. The van der Waals surface area contributed by atoms with Gasteiger partial charge in [-0.1, -0.05) is 6.42 Å². The molecule has 1 aromatic heterocycles. The molecule has 1 saturated heterocycles. The molecule has 3 fully saturated rings. The van der Waals surface area contributed by atoms with Crippen molar-refractivity contribution in [1.29, 1.82) is 0 Å². The molecule has 2 aliphatic carbocycles. The average Bonchev–Trinajstić information content (AvgIpc) is 3.21. The zero-order valence-electron chi connectivity index (χ0n) is 13.6. The highest BCUT2D eigenvalue weighted by atomic mass is 32.1. The molecule has 0 bridgehead atoms. The summed E-state index contributed by atoms with van der Waals surface area (Å²) >= 11 is 1.40. The SMILES string of the molecule is O=C(NC1CC1)c1ccsc1NC(=O)N1CCOCC1C1CCC1. The van der Waals surface area contributed by atoms with Crippen molar-refractivity contribution >= 4 is 28.3 Å². The fourth-order valence-corrected chi connectivity index (χ4v) is 4.11. The number of anilines is 1. The normalized spacial score (nSPS) is 24.3. The summed E-state index contributed by atoms with van der Waals surface area (Å²) in [6.45, 7) is 1.82. The van der Waals surface area contributed by atoms with Crippen molar-refractivity contribution in [3.8, 4) is 0 Å². The van der Waals surface area contributed by atoms with E-state index in [0.29, 0.717) is 42.3 Å². The molecule has 130 valence electrons. The van der Waals surface area contributed by atoms with Crippen LogP contribution < -0.4 is 10.6 Å². The molecule has 2 saturated carbocycles. The molecule has 0 aromatic carbocycles. The maximum atomic E-state index is 12.8. The molecular weight excluding hydrogens is 326 g/mol. The Morgan fingerprint density at radius 3 is 2.79 bits per heavy atom. The lowest BCUT2D eigenvalue weighted by atomic mass is 9.79. The summed E-state index contributed by atoms with van der Waals surface area (Å²) in [5.74, 6) is 0.462. The van der Waals surface area contributed by atoms with Gasteiger partial charge in [0.2, 0.25) is 0 Å². The Hall–Kier alpha value is -1.60. The fourth-order valence-electron chi connectivity index (χ4n) is 3.33. The van der Waals surface area contributed by atoms with E-state index in [1.54, 1.807) is 6.07 Å². The number of hydrogen-bond acceptors (Lipinski definition) is 4. The molecule has 6 nitrogen and oxygen atoms in total. The Kier molecular flexibility index (Phi) is 4.45. The minimum Gasteiger partial charge on any atom is -0.377 e. The van der Waals surface area contributed by atoms with E-state index in [-0.39, 0.29) is 18.0 Å². The second-order valence-corrected chi connectivity index (χ2v) is 7.78. The number of nitrogens with one attached hydrogen (secondary N) is 2. The molecule has 3 aliphatic rings. The number of amides is 3. The van der Waals surface area contributed by atoms with Crippen LogP contribution in [0.5, 0.6) is 0 Å². The van der Waals surface area contributed by atoms with Crippen LogP contribution in [-0.2, 0) is 4.74 Å². The maximum Gasteiger partial charge on any atom is 0.322 e. The van der Waals surface area contributed by atoms with Crippen LogP contribution in [0.3, 0.4) is 0 Å². The number of morpholine rings is 1. The molecule has 2 N–H and O–H groups in total. The third-order valence-electron chi connectivity index (χ3n) is 5.16. The first-order valence-corrected chi connectivity index (χ1v) is 9.64. The molecule has 2 heterocycles. The van der Waals surface area contributed by atoms with Gasteiger partial charge in [-0.2, -0.15) is 0 Å². The summed E-state index contributed by atoms with van der Waals surface area (Å²) in [5.41, 5.74) is 0.564. The van der Waals surface area contributed by atoms with Crippen LogP contribution in [0, 0.1) is 5.92 Å². The molecule has 1 aromatic rings. The van der Waals surface area contributed by atoms with Crippen LogP contribution >= 0.6 is 11.3 Å². The number of thiophene rings is 1. The van der Waals surface area contributed by atoms with E-state index in [1.165, 1.54) is 30.6 Å². The summed E-state index contributed by atoms with van der Waals surface area (Å²) in [6.07, 6.45) is 5.69. The van der Waals surface area contributed by atoms with E-state index in [4.69, 9.17) is 4.74 Å². The number of nitrogens with zero attached hydrogens (tertiary/aromatic N) is 1. The standard InChI is InChI=1S/C17H23N3O3S/c21-15(18-12-4-5-12)13-6-9-24-16(13)19-17(22)20-7-8-23-10-14(20)11-2-1-3-11/h6,9,11-12,14H,1-5,7-8,10H2,(H,18,21)(H,19,22). The van der Waals surface area contributed by atoms with Crippen LogP contribution in [0.15, 0.2) is 11.4 Å². The smallest absolute Gasteiger partial charge is 0.322 e. The van der Waals surface area contributed by atoms with Gasteiger partial charge in [0, 0.05) is 12.6 Å². The van der Waals surface area contributed by atoms with Gasteiger partial charge in [-0.3, -0.25) is 10.1 Å². The van der Waals surface area contributed by atoms with E-state index in [9.17, 15) is 9.59 Å². The molecular formula is C17H23N3O3S. The van der Waals surface area contributed by atoms with Crippen molar-refractivity contribution in [3.63, 3.8) is 0 Å². The van der Waals surface area contributed by atoms with Crippen molar-refractivity contribution in [2.24, 2.45) is 5.92 Å². The first-order valence-electron chi connectivity index (χ1n) is 8.76. The van der Waals surface area contributed by atoms with Gasteiger partial charge in [0.05, 0.1) is 24.8 Å². The van der Waals surface area contributed by atoms with Crippen LogP contribution in [0.25, 0.3) is 0 Å². The third kappa shape index (κ3) is 3.28. The second-order valence-electron chi connectivity index (χ2n) is 6.87. The summed E-state index contributed by atoms with van der Waals surface area (Å²) in [7, 11) is 0. The number of ether oxygens (including phenoxy) is 1. The lowest BCUT2D eigenvalue weighted by molar-refractivity contribution is -0.0216. The highest BCUT2D eigenvalue weighted by Gasteiger charge is 2.37. The molecule has 0 radical (unpaired) electrons. The molecule has 7 heteroatoms. The summed E-state index contributed by atoms with van der Waals surface area (Å²) in [4.78, 5) is 26.9. The second kappa shape index (κ2) is 6.72. The summed E-state index contributed by atoms with van der Waals surface area (Å²) in [6, 6.07) is 2.14. The van der Waals surface area contributed by atoms with Gasteiger partial charge in [0.25, 0.3) is 5.91 Å². The maximum absolute atomic E-state index is 12.8. The molecule has 1 unspecified atom stereocenters. The molecule has 1 atom stereocenters. The number of rotatable bonds is 4. The number of urea groups is 1. The Morgan fingerprint density at radius 2 is 2.08 bits per heavy atom. The zero-order valence-corrected chi connectivity index (χ0v) is 14.4. The van der Waals surface area contributed by atoms with E-state index in [2.05, 4.69) is 10.6 Å². The van der Waals surface area contributed by atoms with E-state index in [1.807, 2.05) is 10.3 Å². The lowest BCUT2D eigenvalue weighted by Crippen LogP contribution is -2.54. The monoisotopic (exact) mass is 349 g/mol. The van der Waals surface area contributed by atoms with Crippen molar-refractivity contribution < 1.29 is 14.3 Å². The third-order valence-corrected chi connectivity index (χ3v) is 5.99. The lowest BCUT2D eigenvalue weighted by Gasteiger charge is -2.43. The van der Waals surface area contributed by atoms with Crippen molar-refractivity contribution in [2.75, 3.05) is 25.1 Å². The number of carbonyl (C=O) groups is 2. The van der Waals surface area contributed by atoms with Crippen molar-refractivity contribution in [1.82, 2.24) is 10.2 Å². The van der Waals surface area contributed by atoms with Gasteiger partial charge < -0.3 is 15.0 Å². The van der Waals surface area contributed by atoms with Crippen molar-refractivity contribution in [2.45, 2.75) is 44.2 Å². The van der Waals surface area contributed by atoms with E-state index in [0.717, 1.165) is 12.8 Å². The van der Waals surface area contributed by atoms with Gasteiger partial charge in [-0.25, -0.2) is 4.79 Å². The Balaban J connectivity index is 1.43. The molecule has 0 spiro atoms. The number of carbonyl (C=O) groups excluding carboxylic acids is 2. The predicted octanol–water partition coefficient (Wildman–Crippen LogP) is 2.67. The average molecular weight is 349 g/mol.